The number of aromatic nitrogens is 2. The topological polar surface area (TPSA) is 101 Å². The van der Waals surface area contributed by atoms with E-state index in [1.165, 1.54) is 18.9 Å². The Labute approximate surface area is 246 Å². The molecule has 0 bridgehead atoms. The molecule has 10 heteroatoms. The van der Waals surface area contributed by atoms with Gasteiger partial charge in [0.05, 0.1) is 42.9 Å². The summed E-state index contributed by atoms with van der Waals surface area (Å²) in [5.41, 5.74) is 3.55. The second kappa shape index (κ2) is 12.6. The molecule has 4 rings (SSSR count). The summed E-state index contributed by atoms with van der Waals surface area (Å²) in [7, 11) is 4.43. The van der Waals surface area contributed by atoms with Crippen LogP contribution in [0, 0.1) is 6.92 Å². The van der Waals surface area contributed by atoms with E-state index in [1.54, 1.807) is 44.5 Å². The molecule has 0 amide bonds. The highest BCUT2D eigenvalue weighted by Crippen LogP contribution is 2.37. The molecule has 41 heavy (non-hydrogen) atoms. The van der Waals surface area contributed by atoms with Gasteiger partial charge in [-0.05, 0) is 88.8 Å². The lowest BCUT2D eigenvalue weighted by Gasteiger charge is -2.18. The van der Waals surface area contributed by atoms with E-state index in [4.69, 9.17) is 23.9 Å². The van der Waals surface area contributed by atoms with Gasteiger partial charge in [0.25, 0.3) is 5.56 Å². The van der Waals surface area contributed by atoms with Crippen molar-refractivity contribution in [2.24, 2.45) is 5.10 Å². The number of benzene rings is 3. The predicted octanol–water partition coefficient (Wildman–Crippen LogP) is 6.10. The van der Waals surface area contributed by atoms with Crippen molar-refractivity contribution in [1.29, 1.82) is 0 Å². The first-order chi connectivity index (χ1) is 19.6. The Morgan fingerprint density at radius 3 is 2.39 bits per heavy atom. The number of aryl methyl sites for hydroxylation is 1. The Kier molecular flexibility index (Phi) is 9.12. The molecule has 1 atom stereocenters. The van der Waals surface area contributed by atoms with Crippen LogP contribution in [0.15, 0.2) is 62.9 Å². The minimum Gasteiger partial charge on any atom is -0.496 e. The van der Waals surface area contributed by atoms with E-state index < -0.39 is 12.1 Å². The van der Waals surface area contributed by atoms with Gasteiger partial charge in [0, 0.05) is 5.56 Å². The molecule has 0 unspecified atom stereocenters. The lowest BCUT2D eigenvalue weighted by atomic mass is 9.96. The number of rotatable bonds is 9. The van der Waals surface area contributed by atoms with Crippen LogP contribution in [0.4, 0.5) is 0 Å². The number of hydrogen-bond acceptors (Lipinski definition) is 8. The van der Waals surface area contributed by atoms with Gasteiger partial charge in [-0.1, -0.05) is 26.0 Å². The van der Waals surface area contributed by atoms with Gasteiger partial charge in [0.2, 0.25) is 0 Å². The summed E-state index contributed by atoms with van der Waals surface area (Å²) in [5.74, 6) is 1.55. The van der Waals surface area contributed by atoms with Crippen molar-refractivity contribution in [2.45, 2.75) is 39.7 Å². The zero-order valence-electron chi connectivity index (χ0n) is 24.0. The minimum atomic E-state index is -0.849. The molecular weight excluding hydrogens is 590 g/mol. The fraction of sp³-hybridized carbons (Fsp3) is 0.290. The van der Waals surface area contributed by atoms with Gasteiger partial charge in [0.1, 0.15) is 5.75 Å². The van der Waals surface area contributed by atoms with Gasteiger partial charge in [-0.25, -0.2) is 9.78 Å². The predicted molar refractivity (Wildman–Crippen MR) is 163 cm³/mol. The van der Waals surface area contributed by atoms with Crippen LogP contribution in [-0.2, 0) is 9.53 Å². The summed E-state index contributed by atoms with van der Waals surface area (Å²) in [6.07, 6.45) is 0.697. The van der Waals surface area contributed by atoms with Crippen LogP contribution >= 0.6 is 15.9 Å². The zero-order valence-corrected chi connectivity index (χ0v) is 25.6. The summed E-state index contributed by atoms with van der Waals surface area (Å²) in [6.45, 7) is 7.70. The number of para-hydroxylation sites is 1. The average Bonchev–Trinajstić information content (AvgIpc) is 2.96. The summed E-state index contributed by atoms with van der Waals surface area (Å²) in [4.78, 5) is 30.5. The van der Waals surface area contributed by atoms with Crippen molar-refractivity contribution in [3.63, 3.8) is 0 Å². The lowest BCUT2D eigenvalue weighted by Crippen LogP contribution is -2.25. The van der Waals surface area contributed by atoms with E-state index in [1.807, 2.05) is 31.2 Å². The van der Waals surface area contributed by atoms with Gasteiger partial charge in [-0.15, -0.1) is 0 Å². The highest BCUT2D eigenvalue weighted by atomic mass is 79.9. The SMILES string of the molecule is COC(=O)[C@H](C)Oc1c(Br)cc(C=Nn2c(-c3cc(C(C)C)c(OC)cc3C)nc3ccccc3c2=O)cc1OC. The lowest BCUT2D eigenvalue weighted by molar-refractivity contribution is -0.147. The van der Waals surface area contributed by atoms with E-state index in [0.29, 0.717) is 38.3 Å². The third-order valence-electron chi connectivity index (χ3n) is 6.60. The van der Waals surface area contributed by atoms with Gasteiger partial charge in [-0.3, -0.25) is 4.79 Å². The maximum atomic E-state index is 13.7. The van der Waals surface area contributed by atoms with E-state index in [-0.39, 0.29) is 11.5 Å². The van der Waals surface area contributed by atoms with Crippen molar-refractivity contribution in [1.82, 2.24) is 9.66 Å². The number of carbonyl (C=O) groups excluding carboxylic acids is 1. The summed E-state index contributed by atoms with van der Waals surface area (Å²) < 4.78 is 23.5. The molecule has 0 saturated carbocycles. The van der Waals surface area contributed by atoms with E-state index in [0.717, 1.165) is 22.4 Å². The fourth-order valence-corrected chi connectivity index (χ4v) is 4.97. The number of esters is 1. The maximum Gasteiger partial charge on any atom is 0.346 e. The van der Waals surface area contributed by atoms with E-state index in [2.05, 4.69) is 34.9 Å². The second-order valence-electron chi connectivity index (χ2n) is 9.70. The van der Waals surface area contributed by atoms with E-state index in [9.17, 15) is 9.59 Å². The minimum absolute atomic E-state index is 0.181. The molecule has 0 aliphatic rings. The van der Waals surface area contributed by atoms with Crippen LogP contribution in [-0.4, -0.2) is 49.3 Å². The van der Waals surface area contributed by atoms with E-state index >= 15 is 0 Å². The molecule has 1 aromatic heterocycles. The van der Waals surface area contributed by atoms with Crippen molar-refractivity contribution in [3.8, 4) is 28.6 Å². The third kappa shape index (κ3) is 6.12. The Morgan fingerprint density at radius 2 is 1.73 bits per heavy atom. The Hall–Kier alpha value is -4.18. The summed E-state index contributed by atoms with van der Waals surface area (Å²) >= 11 is 3.50. The number of halogens is 1. The molecule has 0 spiro atoms. The normalized spacial score (nSPS) is 12.1. The Morgan fingerprint density at radius 1 is 1.02 bits per heavy atom. The van der Waals surface area contributed by atoms with Gasteiger partial charge < -0.3 is 18.9 Å². The van der Waals surface area contributed by atoms with Gasteiger partial charge in [-0.2, -0.15) is 9.78 Å². The number of ether oxygens (including phenoxy) is 4. The molecule has 214 valence electrons. The third-order valence-corrected chi connectivity index (χ3v) is 7.18. The number of carbonyl (C=O) groups is 1. The summed E-state index contributed by atoms with van der Waals surface area (Å²) in [6, 6.07) is 14.6. The highest BCUT2D eigenvalue weighted by Gasteiger charge is 2.21. The molecule has 0 saturated heterocycles. The first-order valence-corrected chi connectivity index (χ1v) is 13.8. The number of nitrogens with zero attached hydrogens (tertiary/aromatic N) is 3. The largest absolute Gasteiger partial charge is 0.496 e. The van der Waals surface area contributed by atoms with Crippen molar-refractivity contribution >= 4 is 39.0 Å². The molecule has 0 fully saturated rings. The van der Waals surface area contributed by atoms with Crippen LogP contribution in [0.2, 0.25) is 0 Å². The second-order valence-corrected chi connectivity index (χ2v) is 10.5. The molecule has 1 heterocycles. The van der Waals surface area contributed by atoms with Crippen LogP contribution in [0.5, 0.6) is 17.2 Å². The molecular formula is C31H32BrN3O6. The smallest absolute Gasteiger partial charge is 0.346 e. The monoisotopic (exact) mass is 621 g/mol. The molecule has 4 aromatic rings. The maximum absolute atomic E-state index is 13.7. The zero-order chi connectivity index (χ0) is 29.8. The molecule has 0 N–H and O–H groups in total. The van der Waals surface area contributed by atoms with Crippen molar-refractivity contribution < 1.29 is 23.7 Å². The molecule has 0 radical (unpaired) electrons. The van der Waals surface area contributed by atoms with Gasteiger partial charge >= 0.3 is 5.97 Å². The molecule has 3 aromatic carbocycles. The number of methoxy groups -OCH3 is 3. The number of hydrogen-bond donors (Lipinski definition) is 0. The van der Waals surface area contributed by atoms with Crippen LogP contribution in [0.1, 0.15) is 43.4 Å². The van der Waals surface area contributed by atoms with Crippen molar-refractivity contribution in [2.75, 3.05) is 21.3 Å². The standard InChI is InChI=1S/C31H32BrN3O6/c1-17(2)22-15-23(18(3)12-26(22)38-5)29-34-25-11-9-8-10-21(25)30(36)35(29)33-16-20-13-24(32)28(27(14-20)39-6)41-19(4)31(37)40-7/h8-17,19H,1-7H3/t19-/m0/s1. The van der Waals surface area contributed by atoms with Gasteiger partial charge in [0.15, 0.2) is 23.4 Å². The Balaban J connectivity index is 1.88. The highest BCUT2D eigenvalue weighted by molar-refractivity contribution is 9.10. The summed E-state index contributed by atoms with van der Waals surface area (Å²) in [5, 5.41) is 5.05. The first-order valence-electron chi connectivity index (χ1n) is 13.0. The molecule has 9 nitrogen and oxygen atoms in total. The average molecular weight is 623 g/mol. The van der Waals surface area contributed by atoms with Crippen LogP contribution in [0.25, 0.3) is 22.3 Å². The van der Waals surface area contributed by atoms with Crippen molar-refractivity contribution in [3.05, 3.63) is 80.0 Å². The van der Waals surface area contributed by atoms with Crippen LogP contribution < -0.4 is 19.8 Å². The fourth-order valence-electron chi connectivity index (χ4n) is 4.42. The molecule has 0 aliphatic heterocycles. The molecule has 0 aliphatic carbocycles. The quantitative estimate of drug-likeness (QED) is 0.164. The Bertz CT molecular complexity index is 1700. The van der Waals surface area contributed by atoms with Crippen LogP contribution in [0.3, 0.4) is 0 Å². The number of fused-ring (bicyclic) bond motifs is 1. The first kappa shape index (κ1) is 29.8.